The molecule has 0 saturated heterocycles. The maximum atomic E-state index is 11.3. The molecular weight excluding hydrogens is 420 g/mol. The number of hydrogen-bond donors (Lipinski definition) is 2. The van der Waals surface area contributed by atoms with Crippen molar-refractivity contribution in [3.8, 4) is 17.6 Å². The third kappa shape index (κ3) is 17.5. The fourth-order valence-corrected chi connectivity index (χ4v) is 2.14. The molecule has 33 heavy (non-hydrogen) atoms. The predicted molar refractivity (Wildman–Crippen MR) is 135 cm³/mol. The van der Waals surface area contributed by atoms with Gasteiger partial charge in [-0.2, -0.15) is 0 Å². The van der Waals surface area contributed by atoms with E-state index < -0.39 is 0 Å². The van der Waals surface area contributed by atoms with Crippen LogP contribution in [0, 0.1) is 11.8 Å². The summed E-state index contributed by atoms with van der Waals surface area (Å²) in [4.78, 5) is 12.8. The van der Waals surface area contributed by atoms with E-state index in [4.69, 9.17) is 19.9 Å². The summed E-state index contributed by atoms with van der Waals surface area (Å²) in [6.45, 7) is 11.1. The van der Waals surface area contributed by atoms with Gasteiger partial charge in [0.1, 0.15) is 25.1 Å². The van der Waals surface area contributed by atoms with Gasteiger partial charge in [0.2, 0.25) is 5.91 Å². The van der Waals surface area contributed by atoms with Gasteiger partial charge in [0.05, 0.1) is 19.0 Å². The molecule has 0 heterocycles. The van der Waals surface area contributed by atoms with E-state index in [-0.39, 0.29) is 31.3 Å². The second-order valence-electron chi connectivity index (χ2n) is 6.67. The molecule has 0 aromatic heterocycles. The third-order valence-corrected chi connectivity index (χ3v) is 3.86. The molecule has 2 rings (SSSR count). The fourth-order valence-electron chi connectivity index (χ4n) is 2.14. The molecule has 0 spiro atoms. The van der Waals surface area contributed by atoms with E-state index in [0.29, 0.717) is 12.8 Å². The molecular formula is C26H44N2O5. The maximum Gasteiger partial charge on any atom is 0.248 e. The van der Waals surface area contributed by atoms with Crippen LogP contribution in [-0.4, -0.2) is 62.0 Å². The fraction of sp³-hybridized carbons (Fsp3) is 0.577. The number of carbonyl (C=O) groups excluding carboxylic acids is 1. The first-order valence-electron chi connectivity index (χ1n) is 11.7. The van der Waals surface area contributed by atoms with Crippen LogP contribution in [0.5, 0.6) is 5.75 Å². The van der Waals surface area contributed by atoms with Gasteiger partial charge in [-0.3, -0.25) is 4.79 Å². The Morgan fingerprint density at radius 2 is 1.79 bits per heavy atom. The first kappa shape index (κ1) is 32.5. The molecule has 1 amide bonds. The van der Waals surface area contributed by atoms with Gasteiger partial charge in [-0.05, 0) is 30.7 Å². The van der Waals surface area contributed by atoms with Crippen molar-refractivity contribution in [2.75, 3.05) is 33.9 Å². The van der Waals surface area contributed by atoms with Crippen molar-refractivity contribution in [1.29, 1.82) is 0 Å². The molecule has 0 unspecified atom stereocenters. The van der Waals surface area contributed by atoms with E-state index in [1.807, 2.05) is 58.9 Å². The summed E-state index contributed by atoms with van der Waals surface area (Å²) < 4.78 is 15.7. The highest BCUT2D eigenvalue weighted by Gasteiger charge is 2.28. The topological polar surface area (TPSA) is 94.3 Å². The van der Waals surface area contributed by atoms with E-state index in [9.17, 15) is 9.90 Å². The van der Waals surface area contributed by atoms with Gasteiger partial charge in [-0.25, -0.2) is 0 Å². The normalized spacial score (nSPS) is 15.5. The number of nitrogens with two attached hydrogens (primary N) is 1. The van der Waals surface area contributed by atoms with E-state index in [0.717, 1.165) is 24.3 Å². The third-order valence-electron chi connectivity index (χ3n) is 3.86. The van der Waals surface area contributed by atoms with Crippen molar-refractivity contribution in [1.82, 2.24) is 4.90 Å². The number of rotatable bonds is 8. The number of benzene rings is 1. The molecule has 7 heteroatoms. The van der Waals surface area contributed by atoms with E-state index >= 15 is 0 Å². The largest absolute Gasteiger partial charge is 0.500 e. The van der Waals surface area contributed by atoms with Crippen LogP contribution < -0.4 is 10.5 Å². The molecule has 1 aromatic rings. The summed E-state index contributed by atoms with van der Waals surface area (Å²) in [5, 5.41) is 9.21. The second kappa shape index (κ2) is 22.5. The molecule has 3 N–H and O–H groups in total. The Morgan fingerprint density at radius 1 is 1.18 bits per heavy atom. The SMILES string of the molecule is CC.CC.CCCO/C=C/N.CN(C)C(=O)COCC#Cc1ccc(OC2CC(O)C2)cc1. The van der Waals surface area contributed by atoms with E-state index in [2.05, 4.69) is 11.8 Å². The number of aliphatic hydroxyl groups excluding tert-OH is 1. The molecule has 1 fully saturated rings. The maximum absolute atomic E-state index is 11.3. The Morgan fingerprint density at radius 3 is 2.27 bits per heavy atom. The van der Waals surface area contributed by atoms with Gasteiger partial charge in [-0.15, -0.1) is 0 Å². The highest BCUT2D eigenvalue weighted by atomic mass is 16.5. The zero-order chi connectivity index (χ0) is 25.5. The number of aliphatic hydroxyl groups is 1. The Bertz CT molecular complexity index is 672. The van der Waals surface area contributed by atoms with Gasteiger partial charge >= 0.3 is 0 Å². The van der Waals surface area contributed by atoms with Gasteiger partial charge in [0.25, 0.3) is 0 Å². The number of carbonyl (C=O) groups is 1. The van der Waals surface area contributed by atoms with Crippen molar-refractivity contribution >= 4 is 5.91 Å². The highest BCUT2D eigenvalue weighted by Crippen LogP contribution is 2.25. The van der Waals surface area contributed by atoms with Gasteiger partial charge in [0.15, 0.2) is 0 Å². The molecule has 0 radical (unpaired) electrons. The van der Waals surface area contributed by atoms with Crippen LogP contribution >= 0.6 is 0 Å². The van der Waals surface area contributed by atoms with Crippen LogP contribution in [-0.2, 0) is 14.3 Å². The Kier molecular flexibility index (Phi) is 22.2. The van der Waals surface area contributed by atoms with Crippen molar-refractivity contribution in [2.45, 2.75) is 66.1 Å². The van der Waals surface area contributed by atoms with E-state index in [1.165, 1.54) is 17.4 Å². The lowest BCUT2D eigenvalue weighted by atomic mass is 9.92. The van der Waals surface area contributed by atoms with Crippen LogP contribution in [0.15, 0.2) is 36.7 Å². The zero-order valence-corrected chi connectivity index (χ0v) is 21.5. The first-order chi connectivity index (χ1) is 16.0. The monoisotopic (exact) mass is 464 g/mol. The quantitative estimate of drug-likeness (QED) is 0.344. The molecule has 7 nitrogen and oxygen atoms in total. The van der Waals surface area contributed by atoms with Gasteiger partial charge < -0.3 is 30.0 Å². The van der Waals surface area contributed by atoms with Crippen molar-refractivity contribution in [3.05, 3.63) is 42.3 Å². The van der Waals surface area contributed by atoms with Crippen LogP contribution in [0.3, 0.4) is 0 Å². The van der Waals surface area contributed by atoms with Crippen molar-refractivity contribution < 1.29 is 24.1 Å². The summed E-state index contributed by atoms with van der Waals surface area (Å²) >= 11 is 0. The second-order valence-corrected chi connectivity index (χ2v) is 6.67. The zero-order valence-electron chi connectivity index (χ0n) is 21.5. The van der Waals surface area contributed by atoms with Crippen molar-refractivity contribution in [2.24, 2.45) is 5.73 Å². The van der Waals surface area contributed by atoms with Crippen molar-refractivity contribution in [3.63, 3.8) is 0 Å². The molecule has 0 atom stereocenters. The standard InChI is InChI=1S/C17H21NO4.C5H11NO.2C2H6/c1-18(2)17(20)12-21-9-3-4-13-5-7-15(8-6-13)22-16-10-14(19)11-16;1-2-4-7-5-3-6;2*1-2/h5-8,14,16,19H,9-12H2,1-2H3;3,5H,2,4,6H2,1H3;2*1-2H3/b;5-3+;;. The molecule has 1 aliphatic rings. The summed E-state index contributed by atoms with van der Waals surface area (Å²) in [6, 6.07) is 7.49. The predicted octanol–water partition coefficient (Wildman–Crippen LogP) is 3.94. The molecule has 188 valence electrons. The Balaban J connectivity index is 0. The molecule has 1 saturated carbocycles. The highest BCUT2D eigenvalue weighted by molar-refractivity contribution is 5.76. The van der Waals surface area contributed by atoms with E-state index in [1.54, 1.807) is 14.1 Å². The number of hydrogen-bond acceptors (Lipinski definition) is 6. The minimum atomic E-state index is -0.213. The summed E-state index contributed by atoms with van der Waals surface area (Å²) in [5.41, 5.74) is 5.83. The van der Waals surface area contributed by atoms with Crippen LogP contribution in [0.1, 0.15) is 59.4 Å². The first-order valence-corrected chi connectivity index (χ1v) is 11.7. The smallest absolute Gasteiger partial charge is 0.248 e. The minimum Gasteiger partial charge on any atom is -0.500 e. The average Bonchev–Trinajstić information content (AvgIpc) is 2.82. The van der Waals surface area contributed by atoms with Gasteiger partial charge in [-0.1, -0.05) is 46.5 Å². The number of likely N-dealkylation sites (N-methyl/N-ethyl adjacent to an activating group) is 1. The summed E-state index contributed by atoms with van der Waals surface area (Å²) in [6.07, 6.45) is 5.21. The lowest BCUT2D eigenvalue weighted by Crippen LogP contribution is -2.37. The molecule has 0 bridgehead atoms. The molecule has 1 aromatic carbocycles. The van der Waals surface area contributed by atoms with Crippen LogP contribution in [0.25, 0.3) is 0 Å². The number of ether oxygens (including phenoxy) is 3. The molecule has 1 aliphatic carbocycles. The van der Waals surface area contributed by atoms with Crippen LogP contribution in [0.2, 0.25) is 0 Å². The summed E-state index contributed by atoms with van der Waals surface area (Å²) in [5.74, 6) is 6.54. The average molecular weight is 465 g/mol. The molecule has 0 aliphatic heterocycles. The Labute approximate surface area is 200 Å². The number of nitrogens with zero attached hydrogens (tertiary/aromatic N) is 1. The van der Waals surface area contributed by atoms with Crippen LogP contribution in [0.4, 0.5) is 0 Å². The number of amides is 1. The van der Waals surface area contributed by atoms with Gasteiger partial charge in [0, 0.05) is 38.7 Å². The Hall–Kier alpha value is -2.69. The minimum absolute atomic E-state index is 0.0434. The lowest BCUT2D eigenvalue weighted by Gasteiger charge is -2.31. The summed E-state index contributed by atoms with van der Waals surface area (Å²) in [7, 11) is 3.37. The lowest BCUT2D eigenvalue weighted by molar-refractivity contribution is -0.133.